The van der Waals surface area contributed by atoms with E-state index in [-0.39, 0.29) is 36.4 Å². The Kier molecular flexibility index (Phi) is 4.95. The zero-order valence-corrected chi connectivity index (χ0v) is 14.6. The fourth-order valence-corrected chi connectivity index (χ4v) is 3.83. The third kappa shape index (κ3) is 3.34. The lowest BCUT2D eigenvalue weighted by Gasteiger charge is -2.46. The number of aromatic nitrogens is 2. The number of nitrogens with one attached hydrogen (secondary N) is 2. The number of amides is 1. The predicted molar refractivity (Wildman–Crippen MR) is 98.4 cm³/mol. The highest BCUT2D eigenvalue weighted by Crippen LogP contribution is 2.33. The second-order valence-corrected chi connectivity index (χ2v) is 7.21. The van der Waals surface area contributed by atoms with Crippen LogP contribution in [-0.2, 0) is 4.79 Å². The molecule has 3 atom stereocenters. The Morgan fingerprint density at radius 1 is 1.12 bits per heavy atom. The highest BCUT2D eigenvalue weighted by Gasteiger charge is 2.41. The SMILES string of the molecule is O=C(NC[C@@H]1N[C@H](CO)[C@@H]1c1ccc(-c2cncnc2)cc1)C1CCC1. The molecule has 1 saturated carbocycles. The summed E-state index contributed by atoms with van der Waals surface area (Å²) >= 11 is 0. The van der Waals surface area contributed by atoms with Crippen LogP contribution in [0.3, 0.4) is 0 Å². The quantitative estimate of drug-likeness (QED) is 0.733. The molecule has 4 rings (SSSR count). The third-order valence-electron chi connectivity index (χ3n) is 5.65. The van der Waals surface area contributed by atoms with E-state index < -0.39 is 0 Å². The van der Waals surface area contributed by atoms with E-state index in [9.17, 15) is 9.90 Å². The maximum atomic E-state index is 12.1. The molecule has 2 heterocycles. The first-order valence-corrected chi connectivity index (χ1v) is 9.26. The first-order chi connectivity index (χ1) is 12.8. The molecule has 0 unspecified atom stereocenters. The number of aliphatic hydroxyl groups excluding tert-OH is 1. The molecule has 2 fully saturated rings. The standard InChI is InChI=1S/C20H24N4O2/c25-11-18-19(17(24-18)10-23-20(26)15-2-1-3-15)14-6-4-13(5-7-14)16-8-21-12-22-9-16/h4-9,12,15,17-19,24-25H,1-3,10-11H2,(H,23,26)/t17-,18+,19+/m0/s1. The minimum absolute atomic E-state index is 0.0338. The lowest BCUT2D eigenvalue weighted by Crippen LogP contribution is -2.65. The summed E-state index contributed by atoms with van der Waals surface area (Å²) in [5, 5.41) is 16.1. The van der Waals surface area contributed by atoms with E-state index in [1.165, 1.54) is 11.9 Å². The number of aliphatic hydroxyl groups is 1. The average molecular weight is 352 g/mol. The van der Waals surface area contributed by atoms with Gasteiger partial charge in [0.1, 0.15) is 6.33 Å². The second-order valence-electron chi connectivity index (χ2n) is 7.21. The molecular formula is C20H24N4O2. The molecule has 1 saturated heterocycles. The molecule has 6 nitrogen and oxygen atoms in total. The van der Waals surface area contributed by atoms with Crippen LogP contribution < -0.4 is 10.6 Å². The zero-order valence-electron chi connectivity index (χ0n) is 14.6. The van der Waals surface area contributed by atoms with Gasteiger partial charge in [0.05, 0.1) is 6.61 Å². The van der Waals surface area contributed by atoms with Gasteiger partial charge >= 0.3 is 0 Å². The minimum Gasteiger partial charge on any atom is -0.395 e. The number of benzene rings is 1. The van der Waals surface area contributed by atoms with Crippen molar-refractivity contribution in [2.75, 3.05) is 13.2 Å². The van der Waals surface area contributed by atoms with Crippen molar-refractivity contribution in [1.82, 2.24) is 20.6 Å². The molecular weight excluding hydrogens is 328 g/mol. The van der Waals surface area contributed by atoms with Crippen molar-refractivity contribution in [3.8, 4) is 11.1 Å². The molecule has 1 amide bonds. The van der Waals surface area contributed by atoms with Crippen molar-refractivity contribution in [1.29, 1.82) is 0 Å². The number of nitrogens with zero attached hydrogens (tertiary/aromatic N) is 2. The van der Waals surface area contributed by atoms with Gasteiger partial charge in [-0.2, -0.15) is 0 Å². The van der Waals surface area contributed by atoms with E-state index in [4.69, 9.17) is 0 Å². The molecule has 1 aliphatic carbocycles. The van der Waals surface area contributed by atoms with Gasteiger partial charge in [-0.25, -0.2) is 9.97 Å². The van der Waals surface area contributed by atoms with Crippen LogP contribution in [0, 0.1) is 5.92 Å². The van der Waals surface area contributed by atoms with Gasteiger partial charge in [0, 0.05) is 48.4 Å². The van der Waals surface area contributed by atoms with Gasteiger partial charge in [-0.1, -0.05) is 30.7 Å². The van der Waals surface area contributed by atoms with Crippen molar-refractivity contribution < 1.29 is 9.90 Å². The summed E-state index contributed by atoms with van der Waals surface area (Å²) in [6, 6.07) is 8.50. The number of carbonyl (C=O) groups is 1. The number of rotatable bonds is 6. The molecule has 6 heteroatoms. The molecule has 0 bridgehead atoms. The Morgan fingerprint density at radius 3 is 2.46 bits per heavy atom. The fraction of sp³-hybridized carbons (Fsp3) is 0.450. The van der Waals surface area contributed by atoms with Crippen LogP contribution in [-0.4, -0.2) is 46.2 Å². The van der Waals surface area contributed by atoms with Crippen molar-refractivity contribution >= 4 is 5.91 Å². The molecule has 0 radical (unpaired) electrons. The van der Waals surface area contributed by atoms with Gasteiger partial charge in [-0.15, -0.1) is 0 Å². The number of carbonyl (C=O) groups excluding carboxylic acids is 1. The molecule has 2 aromatic rings. The molecule has 1 aromatic heterocycles. The molecule has 1 aromatic carbocycles. The minimum atomic E-state index is 0.0338. The predicted octanol–water partition coefficient (Wildman–Crippen LogP) is 1.48. The molecule has 26 heavy (non-hydrogen) atoms. The van der Waals surface area contributed by atoms with Gasteiger partial charge in [0.2, 0.25) is 5.91 Å². The van der Waals surface area contributed by atoms with Gasteiger partial charge < -0.3 is 15.7 Å². The van der Waals surface area contributed by atoms with Crippen molar-refractivity contribution in [2.24, 2.45) is 5.92 Å². The van der Waals surface area contributed by atoms with Crippen LogP contribution in [0.1, 0.15) is 30.7 Å². The van der Waals surface area contributed by atoms with Gasteiger partial charge in [0.25, 0.3) is 0 Å². The van der Waals surface area contributed by atoms with Crippen LogP contribution in [0.4, 0.5) is 0 Å². The zero-order chi connectivity index (χ0) is 17.9. The van der Waals surface area contributed by atoms with Crippen molar-refractivity contribution in [2.45, 2.75) is 37.3 Å². The van der Waals surface area contributed by atoms with Crippen LogP contribution in [0.15, 0.2) is 43.0 Å². The Morgan fingerprint density at radius 2 is 1.85 bits per heavy atom. The van der Waals surface area contributed by atoms with Crippen molar-refractivity contribution in [3.63, 3.8) is 0 Å². The topological polar surface area (TPSA) is 87.1 Å². The van der Waals surface area contributed by atoms with Gasteiger partial charge in [-0.3, -0.25) is 4.79 Å². The van der Waals surface area contributed by atoms with E-state index in [0.29, 0.717) is 6.54 Å². The smallest absolute Gasteiger partial charge is 0.223 e. The molecule has 3 N–H and O–H groups in total. The first kappa shape index (κ1) is 17.1. The highest BCUT2D eigenvalue weighted by atomic mass is 16.3. The largest absolute Gasteiger partial charge is 0.395 e. The summed E-state index contributed by atoms with van der Waals surface area (Å²) in [7, 11) is 0. The Bertz CT molecular complexity index is 746. The highest BCUT2D eigenvalue weighted by molar-refractivity contribution is 5.79. The maximum Gasteiger partial charge on any atom is 0.223 e. The van der Waals surface area contributed by atoms with Gasteiger partial charge in [0.15, 0.2) is 0 Å². The first-order valence-electron chi connectivity index (χ1n) is 9.26. The van der Waals surface area contributed by atoms with E-state index in [2.05, 4.69) is 44.9 Å². The number of hydrogen-bond donors (Lipinski definition) is 3. The van der Waals surface area contributed by atoms with Crippen LogP contribution in [0.2, 0.25) is 0 Å². The second kappa shape index (κ2) is 7.51. The van der Waals surface area contributed by atoms with Gasteiger partial charge in [-0.05, 0) is 24.0 Å². The van der Waals surface area contributed by atoms with E-state index >= 15 is 0 Å². The summed E-state index contributed by atoms with van der Waals surface area (Å²) in [4.78, 5) is 20.2. The lowest BCUT2D eigenvalue weighted by molar-refractivity contribution is -0.127. The monoisotopic (exact) mass is 352 g/mol. The normalized spacial score (nSPS) is 25.2. The Hall–Kier alpha value is -2.31. The van der Waals surface area contributed by atoms with Crippen LogP contribution >= 0.6 is 0 Å². The summed E-state index contributed by atoms with van der Waals surface area (Å²) in [6.45, 7) is 0.691. The summed E-state index contributed by atoms with van der Waals surface area (Å²) in [6.07, 6.45) is 8.29. The molecule has 1 aliphatic heterocycles. The molecule has 0 spiro atoms. The van der Waals surface area contributed by atoms with Crippen molar-refractivity contribution in [3.05, 3.63) is 48.5 Å². The van der Waals surface area contributed by atoms with E-state index in [1.807, 2.05) is 0 Å². The van der Waals surface area contributed by atoms with E-state index in [1.54, 1.807) is 12.4 Å². The maximum absolute atomic E-state index is 12.1. The summed E-state index contributed by atoms with van der Waals surface area (Å²) in [5.74, 6) is 0.570. The summed E-state index contributed by atoms with van der Waals surface area (Å²) < 4.78 is 0. The Balaban J connectivity index is 1.42. The Labute approximate surface area is 153 Å². The average Bonchev–Trinajstić information content (AvgIpc) is 2.61. The summed E-state index contributed by atoms with van der Waals surface area (Å²) in [5.41, 5.74) is 3.22. The third-order valence-corrected chi connectivity index (χ3v) is 5.65. The fourth-order valence-electron chi connectivity index (χ4n) is 3.83. The van der Waals surface area contributed by atoms with E-state index in [0.717, 1.165) is 30.4 Å². The lowest BCUT2D eigenvalue weighted by atomic mass is 9.77. The molecule has 2 aliphatic rings. The van der Waals surface area contributed by atoms with Crippen LogP contribution in [0.5, 0.6) is 0 Å². The number of hydrogen-bond acceptors (Lipinski definition) is 5. The van der Waals surface area contributed by atoms with Crippen LogP contribution in [0.25, 0.3) is 11.1 Å². The molecule has 136 valence electrons.